The van der Waals surface area contributed by atoms with E-state index in [-0.39, 0.29) is 11.6 Å². The monoisotopic (exact) mass is 187 g/mol. The van der Waals surface area contributed by atoms with Crippen molar-refractivity contribution in [1.29, 1.82) is 5.26 Å². The minimum Gasteiger partial charge on any atom is -0.382 e. The van der Waals surface area contributed by atoms with Crippen molar-refractivity contribution < 1.29 is 0 Å². The number of nitriles is 1. The highest BCUT2D eigenvalue weighted by Gasteiger charge is 2.02. The summed E-state index contributed by atoms with van der Waals surface area (Å²) < 4.78 is 1.34. The second-order valence-corrected chi connectivity index (χ2v) is 2.43. The topological polar surface area (TPSA) is 106 Å². The van der Waals surface area contributed by atoms with E-state index in [2.05, 4.69) is 20.1 Å². The molecule has 0 unspecified atom stereocenters. The molecule has 2 heterocycles. The molecule has 0 saturated carbocycles. The van der Waals surface area contributed by atoms with E-state index in [1.807, 2.05) is 6.07 Å². The van der Waals surface area contributed by atoms with Crippen LogP contribution in [0.3, 0.4) is 0 Å². The van der Waals surface area contributed by atoms with Gasteiger partial charge in [0.2, 0.25) is 0 Å². The Morgan fingerprint density at radius 2 is 2.29 bits per heavy atom. The van der Waals surface area contributed by atoms with Gasteiger partial charge < -0.3 is 5.73 Å². The van der Waals surface area contributed by atoms with Crippen molar-refractivity contribution in [3.63, 3.8) is 0 Å². The van der Waals surface area contributed by atoms with Crippen molar-refractivity contribution in [2.75, 3.05) is 5.73 Å². The van der Waals surface area contributed by atoms with E-state index < -0.39 is 0 Å². The molecule has 0 aliphatic heterocycles. The van der Waals surface area contributed by atoms with Gasteiger partial charge >= 0.3 is 0 Å². The van der Waals surface area contributed by atoms with E-state index in [9.17, 15) is 0 Å². The summed E-state index contributed by atoms with van der Waals surface area (Å²) in [5, 5.41) is 12.3. The third-order valence-corrected chi connectivity index (χ3v) is 1.47. The van der Waals surface area contributed by atoms with Gasteiger partial charge in [0.25, 0.3) is 5.82 Å². The first-order valence-corrected chi connectivity index (χ1v) is 3.69. The van der Waals surface area contributed by atoms with Crippen LogP contribution in [0.5, 0.6) is 0 Å². The second-order valence-electron chi connectivity index (χ2n) is 2.43. The number of aromatic nitrogens is 5. The lowest BCUT2D eigenvalue weighted by Gasteiger charge is -1.97. The Balaban J connectivity index is 2.45. The zero-order valence-electron chi connectivity index (χ0n) is 6.99. The van der Waals surface area contributed by atoms with Crippen LogP contribution in [0.2, 0.25) is 0 Å². The molecule has 0 amide bonds. The van der Waals surface area contributed by atoms with Gasteiger partial charge in [0.05, 0.1) is 12.4 Å². The molecule has 0 radical (unpaired) electrons. The highest BCUT2D eigenvalue weighted by molar-refractivity contribution is 5.29. The smallest absolute Gasteiger partial charge is 0.252 e. The van der Waals surface area contributed by atoms with Crippen molar-refractivity contribution in [3.8, 4) is 11.9 Å². The Bertz CT molecular complexity index is 495. The summed E-state index contributed by atoms with van der Waals surface area (Å²) in [6.45, 7) is 0. The van der Waals surface area contributed by atoms with Crippen LogP contribution in [0.25, 0.3) is 5.82 Å². The van der Waals surface area contributed by atoms with Gasteiger partial charge in [-0.1, -0.05) is 0 Å². The third-order valence-electron chi connectivity index (χ3n) is 1.47. The Morgan fingerprint density at radius 1 is 1.43 bits per heavy atom. The van der Waals surface area contributed by atoms with Crippen LogP contribution in [0, 0.1) is 11.3 Å². The lowest BCUT2D eigenvalue weighted by molar-refractivity contribution is 0.834. The second kappa shape index (κ2) is 3.10. The van der Waals surface area contributed by atoms with Gasteiger partial charge in [0.1, 0.15) is 18.2 Å². The largest absolute Gasteiger partial charge is 0.382 e. The van der Waals surface area contributed by atoms with Crippen LogP contribution in [0.1, 0.15) is 5.82 Å². The SMILES string of the molecule is N#Cc1ncn(-c2cncc(N)n2)n1. The standard InChI is InChI=1S/C7H5N7/c8-1-6-11-4-14(13-6)7-3-10-2-5(9)12-7/h2-4H,(H2,9,12). The van der Waals surface area contributed by atoms with E-state index in [0.717, 1.165) is 0 Å². The van der Waals surface area contributed by atoms with E-state index in [1.165, 1.54) is 23.4 Å². The van der Waals surface area contributed by atoms with Crippen LogP contribution in [0.4, 0.5) is 5.82 Å². The van der Waals surface area contributed by atoms with E-state index in [0.29, 0.717) is 5.82 Å². The van der Waals surface area contributed by atoms with Crippen molar-refractivity contribution in [2.24, 2.45) is 0 Å². The number of nitrogen functional groups attached to an aromatic ring is 1. The molecule has 0 spiro atoms. The first kappa shape index (κ1) is 8.12. The fourth-order valence-corrected chi connectivity index (χ4v) is 0.905. The first-order valence-electron chi connectivity index (χ1n) is 3.69. The molecule has 68 valence electrons. The van der Waals surface area contributed by atoms with Crippen LogP contribution >= 0.6 is 0 Å². The summed E-state index contributed by atoms with van der Waals surface area (Å²) in [6.07, 6.45) is 4.28. The summed E-state index contributed by atoms with van der Waals surface area (Å²) >= 11 is 0. The van der Waals surface area contributed by atoms with Gasteiger partial charge in [-0.05, 0) is 0 Å². The average molecular weight is 187 g/mol. The first-order chi connectivity index (χ1) is 6.79. The zero-order valence-corrected chi connectivity index (χ0v) is 6.99. The molecule has 0 aromatic carbocycles. The normalized spacial score (nSPS) is 9.64. The Morgan fingerprint density at radius 3 is 2.93 bits per heavy atom. The van der Waals surface area contributed by atoms with Crippen molar-refractivity contribution in [3.05, 3.63) is 24.5 Å². The molecule has 2 N–H and O–H groups in total. The van der Waals surface area contributed by atoms with Gasteiger partial charge in [-0.25, -0.2) is 9.97 Å². The van der Waals surface area contributed by atoms with Crippen LogP contribution in [-0.2, 0) is 0 Å². The molecule has 0 fully saturated rings. The Labute approximate surface area is 78.9 Å². The van der Waals surface area contributed by atoms with E-state index in [1.54, 1.807) is 0 Å². The van der Waals surface area contributed by atoms with Gasteiger partial charge in [0.15, 0.2) is 5.82 Å². The molecular formula is C7H5N7. The summed E-state index contributed by atoms with van der Waals surface area (Å²) in [7, 11) is 0. The highest BCUT2D eigenvalue weighted by Crippen LogP contribution is 2.02. The summed E-state index contributed by atoms with van der Waals surface area (Å²) in [5.41, 5.74) is 5.44. The van der Waals surface area contributed by atoms with Gasteiger partial charge in [-0.3, -0.25) is 4.98 Å². The van der Waals surface area contributed by atoms with Crippen LogP contribution in [-0.4, -0.2) is 24.7 Å². The molecule has 2 rings (SSSR count). The molecule has 0 aliphatic rings. The number of nitrogens with zero attached hydrogens (tertiary/aromatic N) is 6. The quantitative estimate of drug-likeness (QED) is 0.645. The van der Waals surface area contributed by atoms with Crippen LogP contribution in [0.15, 0.2) is 18.7 Å². The molecule has 2 aromatic rings. The van der Waals surface area contributed by atoms with Crippen molar-refractivity contribution >= 4 is 5.82 Å². The minimum absolute atomic E-state index is 0.0780. The molecule has 0 aliphatic carbocycles. The van der Waals surface area contributed by atoms with Crippen molar-refractivity contribution in [2.45, 2.75) is 0 Å². The minimum atomic E-state index is 0.0780. The van der Waals surface area contributed by atoms with Gasteiger partial charge in [0, 0.05) is 0 Å². The fraction of sp³-hybridized carbons (Fsp3) is 0. The predicted molar refractivity (Wildman–Crippen MR) is 46.1 cm³/mol. The lowest BCUT2D eigenvalue weighted by Crippen LogP contribution is -2.02. The third kappa shape index (κ3) is 1.36. The maximum absolute atomic E-state index is 8.50. The number of rotatable bonds is 1. The summed E-state index contributed by atoms with van der Waals surface area (Å²) in [5.74, 6) is 0.796. The van der Waals surface area contributed by atoms with Gasteiger partial charge in [-0.2, -0.15) is 9.94 Å². The summed E-state index contributed by atoms with van der Waals surface area (Å²) in [4.78, 5) is 11.5. The molecule has 0 saturated heterocycles. The fourth-order valence-electron chi connectivity index (χ4n) is 0.905. The Hall–Kier alpha value is -2.49. The number of hydrogen-bond acceptors (Lipinski definition) is 6. The lowest BCUT2D eigenvalue weighted by atomic mass is 10.6. The maximum Gasteiger partial charge on any atom is 0.252 e. The van der Waals surface area contributed by atoms with Crippen molar-refractivity contribution in [1.82, 2.24) is 24.7 Å². The van der Waals surface area contributed by atoms with E-state index in [4.69, 9.17) is 11.0 Å². The molecule has 7 nitrogen and oxygen atoms in total. The molecule has 0 bridgehead atoms. The molecular weight excluding hydrogens is 182 g/mol. The summed E-state index contributed by atoms with van der Waals surface area (Å²) in [6, 6.07) is 1.81. The number of anilines is 1. The van der Waals surface area contributed by atoms with Crippen LogP contribution < -0.4 is 5.73 Å². The molecule has 2 aromatic heterocycles. The predicted octanol–water partition coefficient (Wildman–Crippen LogP) is -0.489. The zero-order chi connectivity index (χ0) is 9.97. The number of nitrogens with two attached hydrogens (primary N) is 1. The van der Waals surface area contributed by atoms with Gasteiger partial charge in [-0.15, -0.1) is 5.10 Å². The molecule has 14 heavy (non-hydrogen) atoms. The van der Waals surface area contributed by atoms with E-state index >= 15 is 0 Å². The number of hydrogen-bond donors (Lipinski definition) is 1. The highest BCUT2D eigenvalue weighted by atomic mass is 15.4. The molecule has 0 atom stereocenters. The molecule has 7 heteroatoms. The Kier molecular flexibility index (Phi) is 1.80. The average Bonchev–Trinajstić information content (AvgIpc) is 2.66. The maximum atomic E-state index is 8.50.